The van der Waals surface area contributed by atoms with Crippen LogP contribution in [0.25, 0.3) is 0 Å². The van der Waals surface area contributed by atoms with Crippen LogP contribution in [-0.2, 0) is 4.79 Å². The molecular weight excluding hydrogens is 242 g/mol. The summed E-state index contributed by atoms with van der Waals surface area (Å²) < 4.78 is 0. The van der Waals surface area contributed by atoms with Crippen molar-refractivity contribution >= 4 is 11.7 Å². The third-order valence-electron chi connectivity index (χ3n) is 5.11. The Morgan fingerprint density at radius 3 is 2.74 bits per heavy atom. The van der Waals surface area contributed by atoms with Crippen LogP contribution in [0.2, 0.25) is 0 Å². The van der Waals surface area contributed by atoms with Crippen molar-refractivity contribution in [2.75, 3.05) is 6.54 Å². The van der Waals surface area contributed by atoms with Crippen LogP contribution in [0.1, 0.15) is 52.4 Å². The Labute approximate surface area is 114 Å². The molecule has 108 valence electrons. The second kappa shape index (κ2) is 5.39. The number of carbonyl (C=O) groups excluding carboxylic acids is 1. The smallest absolute Gasteiger partial charge is 0.236 e. The van der Waals surface area contributed by atoms with Crippen molar-refractivity contribution in [3.05, 3.63) is 0 Å². The van der Waals surface area contributed by atoms with Crippen molar-refractivity contribution in [3.8, 4) is 0 Å². The number of carbonyl (C=O) groups is 1. The van der Waals surface area contributed by atoms with Crippen LogP contribution < -0.4 is 5.73 Å². The average Bonchev–Trinajstić information content (AvgIpc) is 2.92. The van der Waals surface area contributed by atoms with Crippen molar-refractivity contribution in [1.82, 2.24) is 4.90 Å². The molecule has 0 aromatic rings. The Hall–Kier alpha value is -1.26. The van der Waals surface area contributed by atoms with Gasteiger partial charge < -0.3 is 15.8 Å². The van der Waals surface area contributed by atoms with E-state index in [1.807, 2.05) is 11.8 Å². The van der Waals surface area contributed by atoms with Crippen LogP contribution in [-0.4, -0.2) is 34.4 Å². The summed E-state index contributed by atoms with van der Waals surface area (Å²) in [5.74, 6) is 0.716. The zero-order valence-electron chi connectivity index (χ0n) is 11.9. The largest absolute Gasteiger partial charge is 0.409 e. The highest BCUT2D eigenvalue weighted by Gasteiger charge is 2.45. The van der Waals surface area contributed by atoms with E-state index in [0.29, 0.717) is 18.4 Å². The number of rotatable bonds is 3. The number of piperidine rings is 1. The van der Waals surface area contributed by atoms with Crippen LogP contribution >= 0.6 is 0 Å². The van der Waals surface area contributed by atoms with E-state index in [0.717, 1.165) is 19.4 Å². The first-order valence-electron chi connectivity index (χ1n) is 7.33. The Morgan fingerprint density at radius 2 is 2.11 bits per heavy atom. The molecule has 3 N–H and O–H groups in total. The van der Waals surface area contributed by atoms with Crippen LogP contribution in [0.4, 0.5) is 0 Å². The van der Waals surface area contributed by atoms with Gasteiger partial charge in [-0.05, 0) is 44.9 Å². The van der Waals surface area contributed by atoms with Crippen LogP contribution in [0, 0.1) is 11.3 Å². The van der Waals surface area contributed by atoms with Gasteiger partial charge in [-0.3, -0.25) is 4.79 Å². The molecule has 3 unspecified atom stereocenters. The number of oxime groups is 1. The molecular formula is C14H25N3O2. The maximum atomic E-state index is 12.8. The SMILES string of the molecule is CCC(C)(C(=O)N1CCCC2CCCC21)C(N)=NO. The van der Waals surface area contributed by atoms with E-state index in [1.54, 1.807) is 6.92 Å². The molecule has 5 heteroatoms. The Kier molecular flexibility index (Phi) is 4.02. The van der Waals surface area contributed by atoms with E-state index >= 15 is 0 Å². The number of nitrogens with zero attached hydrogens (tertiary/aromatic N) is 2. The molecule has 1 aliphatic heterocycles. The molecule has 1 aliphatic carbocycles. The van der Waals surface area contributed by atoms with Crippen LogP contribution in [0.15, 0.2) is 5.16 Å². The second-order valence-electron chi connectivity index (χ2n) is 6.07. The molecule has 1 heterocycles. The average molecular weight is 267 g/mol. The standard InChI is InChI=1S/C14H25N3O2/c1-3-14(2,12(15)16-19)13(18)17-9-5-7-10-6-4-8-11(10)17/h10-11,19H,3-9H2,1-2H3,(H2,15,16). The van der Waals surface area contributed by atoms with Crippen molar-refractivity contribution < 1.29 is 10.0 Å². The quantitative estimate of drug-likeness (QED) is 0.355. The van der Waals surface area contributed by atoms with Gasteiger partial charge in [0.15, 0.2) is 5.84 Å². The Balaban J connectivity index is 2.22. The minimum atomic E-state index is -0.876. The predicted molar refractivity (Wildman–Crippen MR) is 73.9 cm³/mol. The van der Waals surface area contributed by atoms with Gasteiger partial charge in [-0.2, -0.15) is 0 Å². The van der Waals surface area contributed by atoms with Crippen LogP contribution in [0.3, 0.4) is 0 Å². The lowest BCUT2D eigenvalue weighted by atomic mass is 9.82. The van der Waals surface area contributed by atoms with Gasteiger partial charge in [-0.25, -0.2) is 0 Å². The summed E-state index contributed by atoms with van der Waals surface area (Å²) in [6.45, 7) is 4.50. The van der Waals surface area contributed by atoms with E-state index in [2.05, 4.69) is 5.16 Å². The summed E-state index contributed by atoms with van der Waals surface area (Å²) in [6.07, 6.45) is 6.41. The summed E-state index contributed by atoms with van der Waals surface area (Å²) in [5.41, 5.74) is 4.88. The molecule has 2 fully saturated rings. The maximum absolute atomic E-state index is 12.8. The first-order chi connectivity index (χ1) is 9.04. The monoisotopic (exact) mass is 267 g/mol. The molecule has 1 amide bonds. The fourth-order valence-corrected chi connectivity index (χ4v) is 3.58. The first-order valence-corrected chi connectivity index (χ1v) is 7.33. The molecule has 0 aromatic heterocycles. The normalized spacial score (nSPS) is 30.8. The van der Waals surface area contributed by atoms with E-state index in [4.69, 9.17) is 10.9 Å². The molecule has 0 radical (unpaired) electrons. The van der Waals surface area contributed by atoms with E-state index in [9.17, 15) is 4.79 Å². The first kappa shape index (κ1) is 14.2. The molecule has 1 saturated heterocycles. The molecule has 2 rings (SSSR count). The molecule has 19 heavy (non-hydrogen) atoms. The molecule has 0 bridgehead atoms. The highest BCUT2D eigenvalue weighted by Crippen LogP contribution is 2.39. The van der Waals surface area contributed by atoms with Crippen LogP contribution in [0.5, 0.6) is 0 Å². The highest BCUT2D eigenvalue weighted by atomic mass is 16.4. The fraction of sp³-hybridized carbons (Fsp3) is 0.857. The minimum absolute atomic E-state index is 0.0279. The van der Waals surface area contributed by atoms with Gasteiger partial charge in [0.2, 0.25) is 5.91 Å². The Morgan fingerprint density at radius 1 is 1.42 bits per heavy atom. The van der Waals surface area contributed by atoms with Gasteiger partial charge in [0, 0.05) is 12.6 Å². The zero-order chi connectivity index (χ0) is 14.0. The summed E-state index contributed by atoms with van der Waals surface area (Å²) >= 11 is 0. The lowest BCUT2D eigenvalue weighted by Gasteiger charge is -2.42. The number of likely N-dealkylation sites (tertiary alicyclic amines) is 1. The molecule has 0 spiro atoms. The lowest BCUT2D eigenvalue weighted by molar-refractivity contribution is -0.142. The van der Waals surface area contributed by atoms with Gasteiger partial charge in [0.05, 0.1) is 0 Å². The van der Waals surface area contributed by atoms with Gasteiger partial charge >= 0.3 is 0 Å². The fourth-order valence-electron chi connectivity index (χ4n) is 3.58. The lowest BCUT2D eigenvalue weighted by Crippen LogP contribution is -2.55. The van der Waals surface area contributed by atoms with Crippen molar-refractivity contribution in [2.24, 2.45) is 22.2 Å². The van der Waals surface area contributed by atoms with Crippen molar-refractivity contribution in [2.45, 2.75) is 58.4 Å². The second-order valence-corrected chi connectivity index (χ2v) is 6.07. The van der Waals surface area contributed by atoms with Gasteiger partial charge in [-0.15, -0.1) is 0 Å². The molecule has 3 atom stereocenters. The Bertz CT molecular complexity index is 383. The maximum Gasteiger partial charge on any atom is 0.236 e. The molecule has 0 aromatic carbocycles. The third kappa shape index (κ3) is 2.30. The van der Waals surface area contributed by atoms with E-state index in [1.165, 1.54) is 19.3 Å². The number of nitrogens with two attached hydrogens (primary N) is 1. The van der Waals surface area contributed by atoms with E-state index < -0.39 is 5.41 Å². The summed E-state index contributed by atoms with van der Waals surface area (Å²) in [5, 5.41) is 12.0. The van der Waals surface area contributed by atoms with Crippen molar-refractivity contribution in [1.29, 1.82) is 0 Å². The summed E-state index contributed by atoms with van der Waals surface area (Å²) in [6, 6.07) is 0.374. The zero-order valence-corrected chi connectivity index (χ0v) is 11.9. The molecule has 2 aliphatic rings. The highest BCUT2D eigenvalue weighted by molar-refractivity contribution is 6.06. The van der Waals surface area contributed by atoms with Crippen molar-refractivity contribution in [3.63, 3.8) is 0 Å². The predicted octanol–water partition coefficient (Wildman–Crippen LogP) is 1.94. The molecule has 5 nitrogen and oxygen atoms in total. The topological polar surface area (TPSA) is 78.9 Å². The summed E-state index contributed by atoms with van der Waals surface area (Å²) in [7, 11) is 0. The number of fused-ring (bicyclic) bond motifs is 1. The number of amidine groups is 1. The minimum Gasteiger partial charge on any atom is -0.409 e. The number of hydrogen-bond acceptors (Lipinski definition) is 3. The van der Waals surface area contributed by atoms with Gasteiger partial charge in [0.1, 0.15) is 5.41 Å². The summed E-state index contributed by atoms with van der Waals surface area (Å²) in [4.78, 5) is 14.9. The number of amides is 1. The van der Waals surface area contributed by atoms with Gasteiger partial charge in [0.25, 0.3) is 0 Å². The molecule has 1 saturated carbocycles. The third-order valence-corrected chi connectivity index (χ3v) is 5.11. The number of hydrogen-bond donors (Lipinski definition) is 2. The van der Waals surface area contributed by atoms with Gasteiger partial charge in [-0.1, -0.05) is 18.5 Å². The van der Waals surface area contributed by atoms with E-state index in [-0.39, 0.29) is 11.7 Å².